The molecule has 0 unspecified atom stereocenters. The smallest absolute Gasteiger partial charge is 0.266 e. The van der Waals surface area contributed by atoms with Crippen molar-refractivity contribution in [3.63, 3.8) is 0 Å². The Morgan fingerprint density at radius 3 is 2.59 bits per heavy atom. The standard InChI is InChI=1S/C21H24FN3O2S.ClH/c1-14-11-15(2)20-17(12-14)23-21(28-20)25(10-9-24(3)4)19(26)13-27-18-8-6-5-7-16(18)22;/h5-8,11-12H,9-10,13H2,1-4H3;1H. The van der Waals surface area contributed by atoms with Crippen LogP contribution in [0.1, 0.15) is 11.1 Å². The van der Waals surface area contributed by atoms with Gasteiger partial charge in [0.05, 0.1) is 10.2 Å². The number of aryl methyl sites for hydroxylation is 2. The zero-order valence-electron chi connectivity index (χ0n) is 16.9. The van der Waals surface area contributed by atoms with E-state index in [-0.39, 0.29) is 30.7 Å². The van der Waals surface area contributed by atoms with E-state index in [0.717, 1.165) is 21.3 Å². The first kappa shape index (κ1) is 23.1. The molecular formula is C21H25ClFN3O2S. The topological polar surface area (TPSA) is 45.7 Å². The van der Waals surface area contributed by atoms with Crippen LogP contribution < -0.4 is 9.64 Å². The van der Waals surface area contributed by atoms with Gasteiger partial charge in [0.1, 0.15) is 0 Å². The molecule has 0 fully saturated rings. The van der Waals surface area contributed by atoms with Crippen LogP contribution in [0.5, 0.6) is 5.75 Å². The van der Waals surface area contributed by atoms with Crippen molar-refractivity contribution in [3.8, 4) is 5.75 Å². The molecule has 2 aromatic carbocycles. The lowest BCUT2D eigenvalue weighted by Gasteiger charge is -2.22. The van der Waals surface area contributed by atoms with E-state index in [1.165, 1.54) is 23.5 Å². The van der Waals surface area contributed by atoms with Crippen molar-refractivity contribution in [1.29, 1.82) is 0 Å². The summed E-state index contributed by atoms with van der Waals surface area (Å²) in [4.78, 5) is 21.2. The van der Waals surface area contributed by atoms with Gasteiger partial charge in [0.2, 0.25) is 0 Å². The SMILES string of the molecule is Cc1cc(C)c2sc(N(CCN(C)C)C(=O)COc3ccccc3F)nc2c1.Cl. The molecule has 0 spiro atoms. The first-order valence-electron chi connectivity index (χ1n) is 9.05. The Hall–Kier alpha value is -2.22. The number of carbonyl (C=O) groups is 1. The molecule has 0 aliphatic rings. The summed E-state index contributed by atoms with van der Waals surface area (Å²) in [5, 5.41) is 0.632. The first-order chi connectivity index (χ1) is 13.3. The predicted molar refractivity (Wildman–Crippen MR) is 119 cm³/mol. The second-order valence-electron chi connectivity index (χ2n) is 6.99. The Morgan fingerprint density at radius 1 is 1.17 bits per heavy atom. The lowest BCUT2D eigenvalue weighted by atomic mass is 10.1. The van der Waals surface area contributed by atoms with Crippen molar-refractivity contribution >= 4 is 45.0 Å². The monoisotopic (exact) mass is 437 g/mol. The van der Waals surface area contributed by atoms with Crippen LogP contribution >= 0.6 is 23.7 Å². The molecule has 0 saturated carbocycles. The third-order valence-corrected chi connectivity index (χ3v) is 5.53. The molecule has 156 valence electrons. The summed E-state index contributed by atoms with van der Waals surface area (Å²) in [6, 6.07) is 10.2. The zero-order valence-corrected chi connectivity index (χ0v) is 18.6. The van der Waals surface area contributed by atoms with Gasteiger partial charge < -0.3 is 9.64 Å². The number of nitrogens with zero attached hydrogens (tertiary/aromatic N) is 3. The molecule has 0 aliphatic heterocycles. The van der Waals surface area contributed by atoms with Crippen molar-refractivity contribution in [1.82, 2.24) is 9.88 Å². The number of para-hydroxylation sites is 1. The van der Waals surface area contributed by atoms with Gasteiger partial charge in [-0.1, -0.05) is 29.5 Å². The molecule has 8 heteroatoms. The van der Waals surface area contributed by atoms with E-state index in [2.05, 4.69) is 11.1 Å². The van der Waals surface area contributed by atoms with Gasteiger partial charge in [-0.2, -0.15) is 0 Å². The molecule has 1 amide bonds. The normalized spacial score (nSPS) is 10.8. The predicted octanol–water partition coefficient (Wildman–Crippen LogP) is 4.45. The van der Waals surface area contributed by atoms with Crippen molar-refractivity contribution in [2.75, 3.05) is 38.7 Å². The van der Waals surface area contributed by atoms with E-state index in [1.807, 2.05) is 38.9 Å². The number of thiazole rings is 1. The van der Waals surface area contributed by atoms with E-state index in [1.54, 1.807) is 17.0 Å². The minimum atomic E-state index is -0.485. The highest BCUT2D eigenvalue weighted by atomic mass is 35.5. The maximum atomic E-state index is 13.8. The number of hydrogen-bond donors (Lipinski definition) is 0. The van der Waals surface area contributed by atoms with Crippen LogP contribution in [0.25, 0.3) is 10.2 Å². The molecule has 0 N–H and O–H groups in total. The fourth-order valence-corrected chi connectivity index (χ4v) is 3.95. The molecule has 29 heavy (non-hydrogen) atoms. The highest BCUT2D eigenvalue weighted by Crippen LogP contribution is 2.32. The zero-order chi connectivity index (χ0) is 20.3. The number of hydrogen-bond acceptors (Lipinski definition) is 5. The molecule has 0 bridgehead atoms. The molecule has 3 rings (SSSR count). The molecular weight excluding hydrogens is 413 g/mol. The summed E-state index contributed by atoms with van der Waals surface area (Å²) < 4.78 is 20.3. The summed E-state index contributed by atoms with van der Waals surface area (Å²) >= 11 is 1.49. The largest absolute Gasteiger partial charge is 0.481 e. The number of likely N-dealkylation sites (N-methyl/N-ethyl adjacent to an activating group) is 1. The molecule has 0 saturated heterocycles. The number of ether oxygens (including phenoxy) is 1. The molecule has 5 nitrogen and oxygen atoms in total. The summed E-state index contributed by atoms with van der Waals surface area (Å²) in [6.45, 7) is 4.99. The quantitative estimate of drug-likeness (QED) is 0.548. The third kappa shape index (κ3) is 5.65. The van der Waals surface area contributed by atoms with Crippen LogP contribution in [-0.4, -0.2) is 49.6 Å². The van der Waals surface area contributed by atoms with Crippen molar-refractivity contribution in [2.45, 2.75) is 13.8 Å². The second-order valence-corrected chi connectivity index (χ2v) is 7.97. The Kier molecular flexibility index (Phi) is 7.96. The Bertz CT molecular complexity index is 993. The van der Waals surface area contributed by atoms with E-state index >= 15 is 0 Å². The van der Waals surface area contributed by atoms with E-state index in [0.29, 0.717) is 18.2 Å². The van der Waals surface area contributed by atoms with Crippen molar-refractivity contribution < 1.29 is 13.9 Å². The lowest BCUT2D eigenvalue weighted by molar-refractivity contribution is -0.120. The van der Waals surface area contributed by atoms with Gasteiger partial charge >= 0.3 is 0 Å². The van der Waals surface area contributed by atoms with Crippen LogP contribution in [0.2, 0.25) is 0 Å². The van der Waals surface area contributed by atoms with Crippen LogP contribution in [0.3, 0.4) is 0 Å². The number of carbonyl (C=O) groups excluding carboxylic acids is 1. The molecule has 0 atom stereocenters. The van der Waals surface area contributed by atoms with Gasteiger partial charge in [-0.15, -0.1) is 12.4 Å². The third-order valence-electron chi connectivity index (χ3n) is 4.30. The van der Waals surface area contributed by atoms with Crippen molar-refractivity contribution in [2.24, 2.45) is 0 Å². The van der Waals surface area contributed by atoms with Gasteiger partial charge in [-0.25, -0.2) is 9.37 Å². The number of rotatable bonds is 7. The van der Waals surface area contributed by atoms with Crippen LogP contribution in [0.15, 0.2) is 36.4 Å². The fraction of sp³-hybridized carbons (Fsp3) is 0.333. The fourth-order valence-electron chi connectivity index (χ4n) is 2.89. The van der Waals surface area contributed by atoms with Gasteiger partial charge in [-0.05, 0) is 57.3 Å². The molecule has 1 heterocycles. The Labute approximate surface area is 180 Å². The van der Waals surface area contributed by atoms with Crippen LogP contribution in [0, 0.1) is 19.7 Å². The molecule has 0 radical (unpaired) electrons. The highest BCUT2D eigenvalue weighted by Gasteiger charge is 2.21. The number of fused-ring (bicyclic) bond motifs is 1. The van der Waals surface area contributed by atoms with Gasteiger partial charge in [0, 0.05) is 13.1 Å². The highest BCUT2D eigenvalue weighted by molar-refractivity contribution is 7.22. The maximum Gasteiger partial charge on any atom is 0.266 e. The van der Waals surface area contributed by atoms with E-state index in [4.69, 9.17) is 4.74 Å². The van der Waals surface area contributed by atoms with Crippen molar-refractivity contribution in [3.05, 3.63) is 53.3 Å². The Morgan fingerprint density at radius 2 is 1.90 bits per heavy atom. The van der Waals surface area contributed by atoms with Gasteiger partial charge in [0.15, 0.2) is 23.3 Å². The van der Waals surface area contributed by atoms with E-state index in [9.17, 15) is 9.18 Å². The minimum absolute atomic E-state index is 0. The number of amides is 1. The maximum absolute atomic E-state index is 13.8. The summed E-state index contributed by atoms with van der Waals surface area (Å²) in [6.07, 6.45) is 0. The number of anilines is 1. The summed E-state index contributed by atoms with van der Waals surface area (Å²) in [5.41, 5.74) is 3.16. The second kappa shape index (κ2) is 10.0. The Balaban J connectivity index is 0.00000300. The van der Waals surface area contributed by atoms with E-state index < -0.39 is 5.82 Å². The lowest BCUT2D eigenvalue weighted by Crippen LogP contribution is -2.39. The number of benzene rings is 2. The van der Waals surface area contributed by atoms with Gasteiger partial charge in [0.25, 0.3) is 5.91 Å². The first-order valence-corrected chi connectivity index (χ1v) is 9.87. The summed E-state index contributed by atoms with van der Waals surface area (Å²) in [5.74, 6) is -0.668. The molecule has 0 aliphatic carbocycles. The minimum Gasteiger partial charge on any atom is -0.481 e. The molecule has 3 aromatic rings. The average Bonchev–Trinajstić information content (AvgIpc) is 3.05. The van der Waals surface area contributed by atoms with Gasteiger partial charge in [-0.3, -0.25) is 9.69 Å². The number of aromatic nitrogens is 1. The average molecular weight is 438 g/mol. The molecule has 1 aromatic heterocycles. The van der Waals surface area contributed by atoms with Crippen LogP contribution in [-0.2, 0) is 4.79 Å². The summed E-state index contributed by atoms with van der Waals surface area (Å²) in [7, 11) is 3.90. The van der Waals surface area contributed by atoms with Crippen LogP contribution in [0.4, 0.5) is 9.52 Å². The number of halogens is 2.